The average molecular weight is 454 g/mol. The van der Waals surface area contributed by atoms with Crippen molar-refractivity contribution in [3.05, 3.63) is 41.7 Å². The molecular formula is C25H32FN5O2. The average Bonchev–Trinajstić information content (AvgIpc) is 2.99. The number of rotatable bonds is 5. The molecule has 2 saturated heterocycles. The molecule has 1 amide bonds. The maximum absolute atomic E-state index is 14.6. The van der Waals surface area contributed by atoms with E-state index >= 15 is 0 Å². The predicted molar refractivity (Wildman–Crippen MR) is 127 cm³/mol. The molecule has 2 aromatic rings. The first-order valence-corrected chi connectivity index (χ1v) is 11.3. The number of halogens is 1. The molecule has 3 atom stereocenters. The van der Waals surface area contributed by atoms with Crippen LogP contribution >= 0.6 is 0 Å². The minimum atomic E-state index is -0.555. The molecule has 7 nitrogen and oxygen atoms in total. The number of benzene rings is 1. The van der Waals surface area contributed by atoms with Gasteiger partial charge in [-0.3, -0.25) is 4.79 Å². The van der Waals surface area contributed by atoms with E-state index in [1.54, 1.807) is 20.2 Å². The van der Waals surface area contributed by atoms with Crippen LogP contribution in [0.1, 0.15) is 45.1 Å². The Morgan fingerprint density at radius 2 is 1.82 bits per heavy atom. The molecule has 2 N–H and O–H groups in total. The zero-order chi connectivity index (χ0) is 24.0. The molecule has 0 saturated carbocycles. The van der Waals surface area contributed by atoms with Crippen LogP contribution in [-0.2, 0) is 4.79 Å². The number of likely N-dealkylation sites (N-methyl/N-ethyl adjacent to an activating group) is 1. The van der Waals surface area contributed by atoms with E-state index in [0.717, 1.165) is 18.7 Å². The number of aromatic nitrogens is 2. The smallest absolute Gasteiger partial charge is 0.246 e. The van der Waals surface area contributed by atoms with Crippen LogP contribution in [-0.4, -0.2) is 64.4 Å². The first-order chi connectivity index (χ1) is 15.5. The maximum atomic E-state index is 14.6. The Bertz CT molecular complexity index is 1070. The van der Waals surface area contributed by atoms with Gasteiger partial charge in [-0.15, -0.1) is 10.2 Å². The van der Waals surface area contributed by atoms with Gasteiger partial charge in [-0.25, -0.2) is 4.39 Å². The van der Waals surface area contributed by atoms with E-state index in [1.165, 1.54) is 42.0 Å². The third-order valence-electron chi connectivity index (χ3n) is 7.00. The van der Waals surface area contributed by atoms with Gasteiger partial charge in [0.15, 0.2) is 5.82 Å². The quantitative estimate of drug-likeness (QED) is 0.674. The number of anilines is 1. The fraction of sp³-hybridized carbons (Fsp3) is 0.480. The number of amides is 1. The SMILES string of the molecule is CN(C)C(=O)/C=C/c1cc(O)c(-c2ccc(N(C)[C@H]3C[C@]4(C)CC[C@](C)(C3)N4)nn2)cc1F. The van der Waals surface area contributed by atoms with E-state index in [1.807, 2.05) is 13.1 Å². The van der Waals surface area contributed by atoms with Gasteiger partial charge in [-0.1, -0.05) is 0 Å². The van der Waals surface area contributed by atoms with E-state index in [2.05, 4.69) is 34.3 Å². The molecule has 2 fully saturated rings. The third-order valence-corrected chi connectivity index (χ3v) is 7.00. The van der Waals surface area contributed by atoms with Crippen molar-refractivity contribution in [2.75, 3.05) is 26.0 Å². The van der Waals surface area contributed by atoms with E-state index in [-0.39, 0.29) is 33.9 Å². The summed E-state index contributed by atoms with van der Waals surface area (Å²) in [5.41, 5.74) is 1.06. The number of aromatic hydroxyl groups is 1. The summed E-state index contributed by atoms with van der Waals surface area (Å²) in [5, 5.41) is 22.9. The van der Waals surface area contributed by atoms with Crippen molar-refractivity contribution < 1.29 is 14.3 Å². The molecular weight excluding hydrogens is 421 g/mol. The third kappa shape index (κ3) is 4.71. The van der Waals surface area contributed by atoms with Crippen LogP contribution in [0.3, 0.4) is 0 Å². The summed E-state index contributed by atoms with van der Waals surface area (Å²) >= 11 is 0. The highest BCUT2D eigenvalue weighted by Crippen LogP contribution is 2.43. The summed E-state index contributed by atoms with van der Waals surface area (Å²) < 4.78 is 14.6. The van der Waals surface area contributed by atoms with Crippen LogP contribution < -0.4 is 10.2 Å². The van der Waals surface area contributed by atoms with Gasteiger partial charge in [0.05, 0.1) is 5.69 Å². The summed E-state index contributed by atoms with van der Waals surface area (Å²) in [7, 11) is 5.26. The van der Waals surface area contributed by atoms with Gasteiger partial charge in [0.2, 0.25) is 5.91 Å². The number of hydrogen-bond donors (Lipinski definition) is 2. The van der Waals surface area contributed by atoms with Crippen LogP contribution in [0.4, 0.5) is 10.2 Å². The van der Waals surface area contributed by atoms with Crippen molar-refractivity contribution in [3.8, 4) is 17.0 Å². The number of carbonyl (C=O) groups is 1. The van der Waals surface area contributed by atoms with Crippen molar-refractivity contribution in [2.45, 2.75) is 56.7 Å². The fourth-order valence-electron chi connectivity index (χ4n) is 5.16. The lowest BCUT2D eigenvalue weighted by molar-refractivity contribution is -0.123. The first-order valence-electron chi connectivity index (χ1n) is 11.3. The van der Waals surface area contributed by atoms with Gasteiger partial charge in [0.25, 0.3) is 0 Å². The Labute approximate surface area is 194 Å². The molecule has 2 aliphatic rings. The lowest BCUT2D eigenvalue weighted by Crippen LogP contribution is -2.58. The van der Waals surface area contributed by atoms with Crippen molar-refractivity contribution in [1.82, 2.24) is 20.4 Å². The number of carbonyl (C=O) groups excluding carboxylic acids is 1. The minimum Gasteiger partial charge on any atom is -0.507 e. The largest absolute Gasteiger partial charge is 0.507 e. The van der Waals surface area contributed by atoms with E-state index in [4.69, 9.17) is 0 Å². The number of nitrogens with zero attached hydrogens (tertiary/aromatic N) is 4. The zero-order valence-corrected chi connectivity index (χ0v) is 19.9. The minimum absolute atomic E-state index is 0.123. The lowest BCUT2D eigenvalue weighted by Gasteiger charge is -2.45. The molecule has 8 heteroatoms. The van der Waals surface area contributed by atoms with Crippen LogP contribution in [0.5, 0.6) is 5.75 Å². The predicted octanol–water partition coefficient (Wildman–Crippen LogP) is 3.59. The second-order valence-electron chi connectivity index (χ2n) is 10.2. The highest BCUT2D eigenvalue weighted by molar-refractivity contribution is 5.91. The number of phenolic OH excluding ortho intramolecular Hbond substituents is 1. The molecule has 33 heavy (non-hydrogen) atoms. The van der Waals surface area contributed by atoms with Gasteiger partial charge < -0.3 is 20.2 Å². The lowest BCUT2D eigenvalue weighted by atomic mass is 9.84. The van der Waals surface area contributed by atoms with Crippen molar-refractivity contribution in [2.24, 2.45) is 0 Å². The first kappa shape index (κ1) is 23.2. The Hall–Kier alpha value is -3.00. The van der Waals surface area contributed by atoms with Crippen LogP contribution in [0.15, 0.2) is 30.3 Å². The number of piperidine rings is 1. The number of nitrogens with one attached hydrogen (secondary N) is 1. The number of fused-ring (bicyclic) bond motifs is 2. The molecule has 1 aromatic heterocycles. The topological polar surface area (TPSA) is 81.6 Å². The van der Waals surface area contributed by atoms with Crippen molar-refractivity contribution >= 4 is 17.8 Å². The molecule has 0 aliphatic carbocycles. The molecule has 176 valence electrons. The van der Waals surface area contributed by atoms with Crippen molar-refractivity contribution in [3.63, 3.8) is 0 Å². The van der Waals surface area contributed by atoms with Gasteiger partial charge in [-0.05, 0) is 69.9 Å². The van der Waals surface area contributed by atoms with E-state index in [9.17, 15) is 14.3 Å². The molecule has 3 heterocycles. The fourth-order valence-corrected chi connectivity index (χ4v) is 5.16. The highest BCUT2D eigenvalue weighted by Gasteiger charge is 2.49. The monoisotopic (exact) mass is 453 g/mol. The Kier molecular flexibility index (Phi) is 5.90. The number of hydrogen-bond acceptors (Lipinski definition) is 6. The maximum Gasteiger partial charge on any atom is 0.246 e. The second kappa shape index (κ2) is 8.41. The Morgan fingerprint density at radius 3 is 2.39 bits per heavy atom. The van der Waals surface area contributed by atoms with Crippen molar-refractivity contribution in [1.29, 1.82) is 0 Å². The molecule has 0 unspecified atom stereocenters. The standard InChI is InChI=1S/C25H32FN5O2/c1-24-10-11-25(2,29-24)15-17(14-24)31(5)22-8-7-20(27-28-22)18-13-19(26)16(12-21(18)32)6-9-23(33)30(3)4/h6-9,12-13,17,29,32H,10-11,14-15H2,1-5H3/b9-6+/t17-,24-,25+. The van der Waals surface area contributed by atoms with E-state index < -0.39 is 5.82 Å². The molecule has 0 spiro atoms. The van der Waals surface area contributed by atoms with Gasteiger partial charge in [0, 0.05) is 55.5 Å². The number of phenols is 1. The molecule has 2 aliphatic heterocycles. The summed E-state index contributed by atoms with van der Waals surface area (Å²) in [6.07, 6.45) is 7.04. The molecule has 0 radical (unpaired) electrons. The second-order valence-corrected chi connectivity index (χ2v) is 10.2. The molecule has 2 bridgehead atoms. The highest BCUT2D eigenvalue weighted by atomic mass is 19.1. The summed E-state index contributed by atoms with van der Waals surface area (Å²) in [4.78, 5) is 15.3. The summed E-state index contributed by atoms with van der Waals surface area (Å²) in [5.74, 6) is -0.202. The van der Waals surface area contributed by atoms with Crippen LogP contribution in [0, 0.1) is 5.82 Å². The van der Waals surface area contributed by atoms with Gasteiger partial charge in [-0.2, -0.15) is 0 Å². The van der Waals surface area contributed by atoms with Crippen LogP contribution in [0.2, 0.25) is 0 Å². The van der Waals surface area contributed by atoms with Crippen LogP contribution in [0.25, 0.3) is 17.3 Å². The summed E-state index contributed by atoms with van der Waals surface area (Å²) in [6, 6.07) is 6.47. The van der Waals surface area contributed by atoms with Gasteiger partial charge >= 0.3 is 0 Å². The Morgan fingerprint density at radius 1 is 1.15 bits per heavy atom. The Balaban J connectivity index is 1.52. The normalized spacial score (nSPS) is 26.5. The van der Waals surface area contributed by atoms with E-state index in [0.29, 0.717) is 11.7 Å². The molecule has 4 rings (SSSR count). The molecule has 1 aromatic carbocycles. The van der Waals surface area contributed by atoms with Gasteiger partial charge in [0.1, 0.15) is 11.6 Å². The zero-order valence-electron chi connectivity index (χ0n) is 19.9. The summed E-state index contributed by atoms with van der Waals surface area (Å²) in [6.45, 7) is 4.58.